The van der Waals surface area contributed by atoms with Crippen molar-refractivity contribution >= 4 is 23.7 Å². The monoisotopic (exact) mass is 526 g/mol. The molecule has 2 aliphatic carbocycles. The van der Waals surface area contributed by atoms with Crippen LogP contribution in [0.25, 0.3) is 0 Å². The third kappa shape index (κ3) is 3.89. The van der Waals surface area contributed by atoms with Gasteiger partial charge in [0, 0.05) is 52.7 Å². The van der Waals surface area contributed by atoms with Crippen molar-refractivity contribution in [2.45, 2.75) is 72.2 Å². The van der Waals surface area contributed by atoms with Crippen LogP contribution in [0.1, 0.15) is 65.5 Å². The Hall–Kier alpha value is -3.36. The molecule has 0 aromatic carbocycles. The Morgan fingerprint density at radius 2 is 1.89 bits per heavy atom. The van der Waals surface area contributed by atoms with Gasteiger partial charge in [-0.05, 0) is 30.9 Å². The molecule has 0 spiro atoms. The Morgan fingerprint density at radius 1 is 1.16 bits per heavy atom. The zero-order chi connectivity index (χ0) is 27.6. The number of fused-ring (bicyclic) bond motifs is 3. The number of furan rings is 1. The molecule has 38 heavy (non-hydrogen) atoms. The number of cyclic esters (lactones) is 1. The van der Waals surface area contributed by atoms with E-state index < -0.39 is 46.9 Å². The van der Waals surface area contributed by atoms with E-state index in [1.165, 1.54) is 14.0 Å². The van der Waals surface area contributed by atoms with Gasteiger partial charge in [-0.1, -0.05) is 27.7 Å². The molecule has 9 heteroatoms. The number of hydrogen-bond donors (Lipinski definition) is 0. The summed E-state index contributed by atoms with van der Waals surface area (Å²) in [4.78, 5) is 51.3. The first-order valence-corrected chi connectivity index (χ1v) is 13.0. The normalized spacial score (nSPS) is 34.5. The van der Waals surface area contributed by atoms with Crippen LogP contribution in [-0.2, 0) is 38.1 Å². The summed E-state index contributed by atoms with van der Waals surface area (Å²) in [5, 5.41) is 0. The Balaban J connectivity index is 1.53. The maximum atomic E-state index is 14.0. The van der Waals surface area contributed by atoms with E-state index in [1.54, 1.807) is 32.4 Å². The van der Waals surface area contributed by atoms with Gasteiger partial charge in [0.25, 0.3) is 0 Å². The molecule has 5 rings (SSSR count). The van der Waals surface area contributed by atoms with Crippen LogP contribution in [0.4, 0.5) is 0 Å². The second-order valence-electron chi connectivity index (χ2n) is 11.7. The van der Waals surface area contributed by atoms with Gasteiger partial charge < -0.3 is 23.4 Å². The highest BCUT2D eigenvalue weighted by molar-refractivity contribution is 6.02. The highest BCUT2D eigenvalue weighted by Gasteiger charge is 2.59. The van der Waals surface area contributed by atoms with E-state index in [1.807, 2.05) is 13.0 Å². The van der Waals surface area contributed by atoms with E-state index in [-0.39, 0.29) is 23.7 Å². The van der Waals surface area contributed by atoms with Gasteiger partial charge in [0.2, 0.25) is 6.10 Å². The fraction of sp³-hybridized carbons (Fsp3) is 0.586. The maximum absolute atomic E-state index is 14.0. The zero-order valence-electron chi connectivity index (χ0n) is 22.6. The van der Waals surface area contributed by atoms with E-state index >= 15 is 0 Å². The summed E-state index contributed by atoms with van der Waals surface area (Å²) in [5.41, 5.74) is 0.783. The summed E-state index contributed by atoms with van der Waals surface area (Å²) in [6, 6.07) is 1.81. The Morgan fingerprint density at radius 3 is 2.53 bits per heavy atom. The van der Waals surface area contributed by atoms with Crippen LogP contribution in [0.3, 0.4) is 0 Å². The first kappa shape index (κ1) is 26.3. The molecule has 0 radical (unpaired) electrons. The molecule has 4 aliphatic rings. The molecule has 1 aromatic heterocycles. The minimum absolute atomic E-state index is 0.159. The third-order valence-corrected chi connectivity index (χ3v) is 9.09. The average molecular weight is 527 g/mol. The third-order valence-electron chi connectivity index (χ3n) is 9.09. The minimum Gasteiger partial charge on any atom is -0.493 e. The minimum atomic E-state index is -1.25. The van der Waals surface area contributed by atoms with E-state index in [4.69, 9.17) is 23.4 Å². The summed E-state index contributed by atoms with van der Waals surface area (Å²) in [6.45, 7) is 8.75. The molecule has 7 atom stereocenters. The Labute approximate surface area is 221 Å². The summed E-state index contributed by atoms with van der Waals surface area (Å²) in [5.74, 6) is -2.62. The largest absolute Gasteiger partial charge is 0.493 e. The van der Waals surface area contributed by atoms with Gasteiger partial charge in [-0.3, -0.25) is 9.59 Å². The molecular weight excluding hydrogens is 492 g/mol. The van der Waals surface area contributed by atoms with Crippen molar-refractivity contribution in [1.29, 1.82) is 0 Å². The lowest BCUT2D eigenvalue weighted by Crippen LogP contribution is -2.55. The van der Waals surface area contributed by atoms with Crippen LogP contribution in [0.2, 0.25) is 0 Å². The van der Waals surface area contributed by atoms with E-state index in [0.29, 0.717) is 30.6 Å². The quantitative estimate of drug-likeness (QED) is 0.419. The Bertz CT molecular complexity index is 1240. The standard InChI is InChI=1S/C29H34O9/c1-14-22(24(27(33)34-6)36-15(2)30)28(3,4)25(32)18-11-17-19-12-21(31)38-26(16-8-10-35-13-16)29(19,5)9-7-20(17)37-23(14)18/h8,10,12-14,17,20,22,24,26H,7,9,11H2,1-6H3/t14-,17+,20+,22-,24+,26?,29+/m0/s1. The smallest absolute Gasteiger partial charge is 0.347 e. The second kappa shape index (κ2) is 9.13. The van der Waals surface area contributed by atoms with Crippen LogP contribution in [0, 0.1) is 28.6 Å². The molecule has 1 saturated carbocycles. The van der Waals surface area contributed by atoms with Crippen molar-refractivity contribution in [3.8, 4) is 0 Å². The summed E-state index contributed by atoms with van der Waals surface area (Å²) in [7, 11) is 1.23. The van der Waals surface area contributed by atoms with Crippen molar-refractivity contribution in [1.82, 2.24) is 0 Å². The number of esters is 3. The number of carbonyl (C=O) groups excluding carboxylic acids is 4. The topological polar surface area (TPSA) is 118 Å². The predicted molar refractivity (Wildman–Crippen MR) is 132 cm³/mol. The number of carbonyl (C=O) groups is 4. The Kier molecular flexibility index (Phi) is 6.31. The molecule has 2 aliphatic heterocycles. The van der Waals surface area contributed by atoms with Crippen LogP contribution >= 0.6 is 0 Å². The van der Waals surface area contributed by atoms with Crippen LogP contribution in [0.5, 0.6) is 0 Å². The highest BCUT2D eigenvalue weighted by atomic mass is 16.6. The second-order valence-corrected chi connectivity index (χ2v) is 11.7. The van der Waals surface area contributed by atoms with E-state index in [0.717, 1.165) is 11.1 Å². The lowest BCUT2D eigenvalue weighted by molar-refractivity contribution is -0.177. The van der Waals surface area contributed by atoms with Crippen molar-refractivity contribution in [2.75, 3.05) is 7.11 Å². The van der Waals surface area contributed by atoms with E-state index in [2.05, 4.69) is 6.92 Å². The first-order chi connectivity index (χ1) is 17.9. The fourth-order valence-corrected chi connectivity index (χ4v) is 7.29. The van der Waals surface area contributed by atoms with Gasteiger partial charge in [0.1, 0.15) is 18.0 Å². The molecule has 9 nitrogen and oxygen atoms in total. The molecular formula is C29H34O9. The number of rotatable bonds is 4. The molecule has 1 aromatic rings. The van der Waals surface area contributed by atoms with Gasteiger partial charge >= 0.3 is 17.9 Å². The van der Waals surface area contributed by atoms with Crippen LogP contribution in [-0.4, -0.2) is 43.0 Å². The van der Waals surface area contributed by atoms with Gasteiger partial charge in [-0.15, -0.1) is 0 Å². The molecule has 0 N–H and O–H groups in total. The number of allylic oxidation sites excluding steroid dienone is 2. The first-order valence-electron chi connectivity index (χ1n) is 13.0. The molecule has 0 saturated heterocycles. The number of Topliss-reactive ketones (excluding diaryl/α,β-unsaturated/α-hetero) is 1. The lowest BCUT2D eigenvalue weighted by atomic mass is 9.56. The summed E-state index contributed by atoms with van der Waals surface area (Å²) < 4.78 is 28.0. The SMILES string of the molecule is COC(=O)[C@H](OC(C)=O)[C@@H]1[C@H](C)C2=C(C[C@@H]3C4=CC(=O)OC(c5ccoc5)[C@]4(C)CC[C@H]3O2)C(=O)C1(C)C. The number of ether oxygens (including phenoxy) is 4. The molecule has 1 fully saturated rings. The molecule has 204 valence electrons. The van der Waals surface area contributed by atoms with Gasteiger partial charge in [-0.25, -0.2) is 9.59 Å². The lowest BCUT2D eigenvalue weighted by Gasteiger charge is -2.54. The summed E-state index contributed by atoms with van der Waals surface area (Å²) in [6.07, 6.45) is 4.58. The summed E-state index contributed by atoms with van der Waals surface area (Å²) >= 11 is 0. The van der Waals surface area contributed by atoms with Gasteiger partial charge in [0.05, 0.1) is 19.6 Å². The molecule has 1 unspecified atom stereocenters. The fourth-order valence-electron chi connectivity index (χ4n) is 7.29. The maximum Gasteiger partial charge on any atom is 0.347 e. The zero-order valence-corrected chi connectivity index (χ0v) is 22.6. The molecule has 0 amide bonds. The van der Waals surface area contributed by atoms with E-state index in [9.17, 15) is 19.2 Å². The van der Waals surface area contributed by atoms with Crippen molar-refractivity contribution in [2.24, 2.45) is 28.6 Å². The van der Waals surface area contributed by atoms with Crippen molar-refractivity contribution in [3.63, 3.8) is 0 Å². The molecule has 0 bridgehead atoms. The van der Waals surface area contributed by atoms with Crippen molar-refractivity contribution in [3.05, 3.63) is 47.1 Å². The highest BCUT2D eigenvalue weighted by Crippen LogP contribution is 2.60. The van der Waals surface area contributed by atoms with Crippen LogP contribution < -0.4 is 0 Å². The van der Waals surface area contributed by atoms with Gasteiger partial charge in [0.15, 0.2) is 5.78 Å². The predicted octanol–water partition coefficient (Wildman–Crippen LogP) is 4.23. The number of methoxy groups -OCH3 is 1. The van der Waals surface area contributed by atoms with Crippen molar-refractivity contribution < 1.29 is 42.5 Å². The average Bonchev–Trinajstić information content (AvgIpc) is 3.40. The van der Waals surface area contributed by atoms with Crippen LogP contribution in [0.15, 0.2) is 46.0 Å². The molecule has 3 heterocycles. The number of ketones is 1. The van der Waals surface area contributed by atoms with Gasteiger partial charge in [-0.2, -0.15) is 0 Å². The number of hydrogen-bond acceptors (Lipinski definition) is 9.